The van der Waals surface area contributed by atoms with Crippen LogP contribution >= 0.6 is 0 Å². The standard InChI is InChI=1S/C19H23FN6O/c1-21-19(23-14-18-25-24-17-6-2-4-12-26(17)18)22-11-3-5-13-27-16-9-7-15(20)8-10-16/h2,4,6-10,12H,3,5,11,13-14H2,1H3,(H2,21,22,23). The van der Waals surface area contributed by atoms with Crippen molar-refractivity contribution in [3.63, 3.8) is 0 Å². The summed E-state index contributed by atoms with van der Waals surface area (Å²) in [5.74, 6) is 1.95. The van der Waals surface area contributed by atoms with Crippen molar-refractivity contribution in [2.75, 3.05) is 20.2 Å². The Morgan fingerprint density at radius 3 is 2.78 bits per heavy atom. The van der Waals surface area contributed by atoms with Gasteiger partial charge in [-0.1, -0.05) is 6.07 Å². The van der Waals surface area contributed by atoms with Crippen molar-refractivity contribution in [3.05, 3.63) is 60.3 Å². The molecule has 27 heavy (non-hydrogen) atoms. The van der Waals surface area contributed by atoms with Crippen LogP contribution in [0.3, 0.4) is 0 Å². The molecule has 0 fully saturated rings. The molecule has 0 radical (unpaired) electrons. The normalized spacial score (nSPS) is 11.6. The lowest BCUT2D eigenvalue weighted by Crippen LogP contribution is -2.37. The lowest BCUT2D eigenvalue weighted by Gasteiger charge is -2.11. The number of ether oxygens (including phenoxy) is 1. The summed E-state index contributed by atoms with van der Waals surface area (Å²) in [5.41, 5.74) is 0.818. The SMILES string of the molecule is CN=C(NCCCCOc1ccc(F)cc1)NCc1nnc2ccccn12. The van der Waals surface area contributed by atoms with Gasteiger partial charge in [-0.05, 0) is 49.2 Å². The van der Waals surface area contributed by atoms with Gasteiger partial charge in [0.1, 0.15) is 11.6 Å². The monoisotopic (exact) mass is 370 g/mol. The third-order valence-corrected chi connectivity index (χ3v) is 3.97. The van der Waals surface area contributed by atoms with E-state index < -0.39 is 0 Å². The van der Waals surface area contributed by atoms with E-state index in [1.165, 1.54) is 12.1 Å². The second-order valence-corrected chi connectivity index (χ2v) is 5.91. The van der Waals surface area contributed by atoms with Crippen molar-refractivity contribution in [3.8, 4) is 5.75 Å². The van der Waals surface area contributed by atoms with Crippen molar-refractivity contribution in [2.24, 2.45) is 4.99 Å². The Kier molecular flexibility index (Phi) is 6.56. The largest absolute Gasteiger partial charge is 0.494 e. The van der Waals surface area contributed by atoms with Crippen LogP contribution in [-0.4, -0.2) is 40.8 Å². The fourth-order valence-electron chi connectivity index (χ4n) is 2.55. The van der Waals surface area contributed by atoms with E-state index in [1.807, 2.05) is 28.8 Å². The maximum Gasteiger partial charge on any atom is 0.191 e. The summed E-state index contributed by atoms with van der Waals surface area (Å²) >= 11 is 0. The summed E-state index contributed by atoms with van der Waals surface area (Å²) in [7, 11) is 1.73. The molecule has 0 saturated heterocycles. The molecule has 7 nitrogen and oxygen atoms in total. The van der Waals surface area contributed by atoms with E-state index in [4.69, 9.17) is 4.74 Å². The van der Waals surface area contributed by atoms with Crippen molar-refractivity contribution < 1.29 is 9.13 Å². The van der Waals surface area contributed by atoms with Crippen molar-refractivity contribution in [1.82, 2.24) is 25.2 Å². The van der Waals surface area contributed by atoms with E-state index in [9.17, 15) is 4.39 Å². The zero-order valence-electron chi connectivity index (χ0n) is 15.2. The van der Waals surface area contributed by atoms with Gasteiger partial charge in [0.25, 0.3) is 0 Å². The maximum atomic E-state index is 12.8. The van der Waals surface area contributed by atoms with Gasteiger partial charge in [0.2, 0.25) is 0 Å². The Morgan fingerprint density at radius 1 is 1.11 bits per heavy atom. The summed E-state index contributed by atoms with van der Waals surface area (Å²) in [6.07, 6.45) is 3.75. The Hall–Kier alpha value is -3.16. The molecule has 0 spiro atoms. The number of rotatable bonds is 8. The van der Waals surface area contributed by atoms with E-state index in [0.717, 1.165) is 30.9 Å². The number of hydrogen-bond donors (Lipinski definition) is 2. The Balaban J connectivity index is 1.34. The van der Waals surface area contributed by atoms with Crippen LogP contribution in [0.5, 0.6) is 5.75 Å². The van der Waals surface area contributed by atoms with Gasteiger partial charge in [-0.2, -0.15) is 0 Å². The third-order valence-electron chi connectivity index (χ3n) is 3.97. The zero-order valence-corrected chi connectivity index (χ0v) is 15.2. The number of guanidine groups is 1. The van der Waals surface area contributed by atoms with Crippen LogP contribution in [0.4, 0.5) is 4.39 Å². The van der Waals surface area contributed by atoms with Gasteiger partial charge in [0.15, 0.2) is 17.4 Å². The van der Waals surface area contributed by atoms with Gasteiger partial charge in [-0.25, -0.2) is 4.39 Å². The maximum absolute atomic E-state index is 12.8. The molecule has 0 atom stereocenters. The van der Waals surface area contributed by atoms with Crippen molar-refractivity contribution >= 4 is 11.6 Å². The van der Waals surface area contributed by atoms with Gasteiger partial charge < -0.3 is 15.4 Å². The van der Waals surface area contributed by atoms with E-state index in [0.29, 0.717) is 24.9 Å². The second kappa shape index (κ2) is 9.51. The average Bonchev–Trinajstić information content (AvgIpc) is 3.11. The molecule has 0 aliphatic heterocycles. The smallest absolute Gasteiger partial charge is 0.191 e. The Labute approximate surface area is 157 Å². The Bertz CT molecular complexity index is 877. The Morgan fingerprint density at radius 2 is 1.96 bits per heavy atom. The molecular weight excluding hydrogens is 347 g/mol. The van der Waals surface area contributed by atoms with Crippen LogP contribution in [-0.2, 0) is 6.54 Å². The van der Waals surface area contributed by atoms with E-state index in [-0.39, 0.29) is 5.82 Å². The fraction of sp³-hybridized carbons (Fsp3) is 0.316. The molecule has 0 bridgehead atoms. The molecule has 2 N–H and O–H groups in total. The molecule has 142 valence electrons. The van der Waals surface area contributed by atoms with Gasteiger partial charge in [-0.3, -0.25) is 9.39 Å². The number of aromatic nitrogens is 3. The van der Waals surface area contributed by atoms with Crippen LogP contribution in [0.25, 0.3) is 5.65 Å². The molecule has 1 aromatic carbocycles. The van der Waals surface area contributed by atoms with Crippen LogP contribution in [0.2, 0.25) is 0 Å². The first-order chi connectivity index (χ1) is 13.3. The highest BCUT2D eigenvalue weighted by Gasteiger charge is 2.05. The summed E-state index contributed by atoms with van der Waals surface area (Å²) in [6.45, 7) is 1.89. The van der Waals surface area contributed by atoms with Gasteiger partial charge in [0, 0.05) is 19.8 Å². The van der Waals surface area contributed by atoms with E-state index >= 15 is 0 Å². The summed E-state index contributed by atoms with van der Waals surface area (Å²) in [6, 6.07) is 11.8. The minimum Gasteiger partial charge on any atom is -0.494 e. The van der Waals surface area contributed by atoms with Gasteiger partial charge in [-0.15, -0.1) is 10.2 Å². The highest BCUT2D eigenvalue weighted by Crippen LogP contribution is 2.11. The van der Waals surface area contributed by atoms with Crippen LogP contribution < -0.4 is 15.4 Å². The average molecular weight is 370 g/mol. The van der Waals surface area contributed by atoms with Crippen LogP contribution in [0, 0.1) is 5.82 Å². The molecule has 0 saturated carbocycles. The van der Waals surface area contributed by atoms with Gasteiger partial charge in [0.05, 0.1) is 13.2 Å². The first-order valence-electron chi connectivity index (χ1n) is 8.88. The van der Waals surface area contributed by atoms with E-state index in [1.54, 1.807) is 19.2 Å². The quantitative estimate of drug-likeness (QED) is 0.362. The fourth-order valence-corrected chi connectivity index (χ4v) is 2.55. The van der Waals surface area contributed by atoms with Crippen molar-refractivity contribution in [2.45, 2.75) is 19.4 Å². The number of halogens is 1. The molecule has 0 aliphatic rings. The molecular formula is C19H23FN6O. The van der Waals surface area contributed by atoms with Gasteiger partial charge >= 0.3 is 0 Å². The number of hydrogen-bond acceptors (Lipinski definition) is 4. The topological polar surface area (TPSA) is 75.8 Å². The van der Waals surface area contributed by atoms with Crippen LogP contribution in [0.15, 0.2) is 53.7 Å². The highest BCUT2D eigenvalue weighted by atomic mass is 19.1. The second-order valence-electron chi connectivity index (χ2n) is 5.91. The van der Waals surface area contributed by atoms with Crippen LogP contribution in [0.1, 0.15) is 18.7 Å². The lowest BCUT2D eigenvalue weighted by molar-refractivity contribution is 0.306. The number of fused-ring (bicyclic) bond motifs is 1. The number of nitrogens with one attached hydrogen (secondary N) is 2. The number of aliphatic imine (C=N–C) groups is 1. The van der Waals surface area contributed by atoms with E-state index in [2.05, 4.69) is 25.8 Å². The molecule has 2 heterocycles. The number of nitrogens with zero attached hydrogens (tertiary/aromatic N) is 4. The molecule has 2 aromatic heterocycles. The summed E-state index contributed by atoms with van der Waals surface area (Å²) < 4.78 is 20.3. The lowest BCUT2D eigenvalue weighted by atomic mass is 10.3. The molecule has 3 rings (SSSR count). The number of unbranched alkanes of at least 4 members (excludes halogenated alkanes) is 1. The third kappa shape index (κ3) is 5.40. The molecule has 0 aliphatic carbocycles. The first kappa shape index (κ1) is 18.6. The summed E-state index contributed by atoms with van der Waals surface area (Å²) in [4.78, 5) is 4.21. The first-order valence-corrected chi connectivity index (χ1v) is 8.88. The number of pyridine rings is 1. The molecule has 3 aromatic rings. The minimum absolute atomic E-state index is 0.260. The number of benzene rings is 1. The summed E-state index contributed by atoms with van der Waals surface area (Å²) in [5, 5.41) is 14.8. The highest BCUT2D eigenvalue weighted by molar-refractivity contribution is 5.79. The predicted octanol–water partition coefficient (Wildman–Crippen LogP) is 2.39. The predicted molar refractivity (Wildman–Crippen MR) is 102 cm³/mol. The minimum atomic E-state index is -0.260. The molecule has 8 heteroatoms. The zero-order chi connectivity index (χ0) is 18.9. The van der Waals surface area contributed by atoms with Crippen molar-refractivity contribution in [1.29, 1.82) is 0 Å². The molecule has 0 unspecified atom stereocenters. The molecule has 0 amide bonds.